The minimum Gasteiger partial charge on any atom is -0.396 e. The second kappa shape index (κ2) is 7.53. The summed E-state index contributed by atoms with van der Waals surface area (Å²) >= 11 is 0. The summed E-state index contributed by atoms with van der Waals surface area (Å²) in [5, 5.41) is 9.69. The topological polar surface area (TPSA) is 26.7 Å². The van der Waals surface area contributed by atoms with Crippen LogP contribution in [0.1, 0.15) is 24.8 Å². The maximum Gasteiger partial charge on any atom is 0.127 e. The Morgan fingerprint density at radius 3 is 2.45 bits per heavy atom. The van der Waals surface area contributed by atoms with E-state index in [1.54, 1.807) is 6.07 Å². The predicted octanol–water partition coefficient (Wildman–Crippen LogP) is 2.35. The summed E-state index contributed by atoms with van der Waals surface area (Å²) in [6.07, 6.45) is 3.95. The maximum absolute atomic E-state index is 13.8. The van der Waals surface area contributed by atoms with Crippen molar-refractivity contribution in [1.29, 1.82) is 0 Å². The molecular formula is C18H27FN2O. The van der Waals surface area contributed by atoms with Crippen molar-refractivity contribution in [3.05, 3.63) is 35.6 Å². The van der Waals surface area contributed by atoms with Gasteiger partial charge in [0.15, 0.2) is 0 Å². The monoisotopic (exact) mass is 306 g/mol. The number of rotatable bonds is 5. The molecule has 3 rings (SSSR count). The molecule has 2 aliphatic rings. The van der Waals surface area contributed by atoms with Gasteiger partial charge in [-0.1, -0.05) is 24.6 Å². The first kappa shape index (κ1) is 15.9. The number of benzene rings is 1. The smallest absolute Gasteiger partial charge is 0.127 e. The van der Waals surface area contributed by atoms with Gasteiger partial charge in [-0.15, -0.1) is 0 Å². The molecule has 2 aliphatic heterocycles. The van der Waals surface area contributed by atoms with Gasteiger partial charge in [-0.3, -0.25) is 4.90 Å². The van der Waals surface area contributed by atoms with Gasteiger partial charge in [0.2, 0.25) is 0 Å². The lowest BCUT2D eigenvalue weighted by Crippen LogP contribution is -2.37. The van der Waals surface area contributed by atoms with Gasteiger partial charge in [0.25, 0.3) is 0 Å². The highest BCUT2D eigenvalue weighted by Gasteiger charge is 2.33. The van der Waals surface area contributed by atoms with Gasteiger partial charge in [-0.2, -0.15) is 0 Å². The summed E-state index contributed by atoms with van der Waals surface area (Å²) in [6.45, 7) is 6.22. The van der Waals surface area contributed by atoms with Crippen molar-refractivity contribution < 1.29 is 9.50 Å². The normalized spacial score (nSPS) is 27.4. The number of halogens is 1. The van der Waals surface area contributed by atoms with E-state index in [1.165, 1.54) is 38.4 Å². The molecule has 2 heterocycles. The van der Waals surface area contributed by atoms with E-state index < -0.39 is 0 Å². The molecule has 122 valence electrons. The number of aliphatic hydroxyl groups excluding tert-OH is 1. The second-order valence-electron chi connectivity index (χ2n) is 6.85. The van der Waals surface area contributed by atoms with E-state index in [2.05, 4.69) is 9.80 Å². The average Bonchev–Trinajstić information content (AvgIpc) is 2.92. The molecule has 22 heavy (non-hydrogen) atoms. The largest absolute Gasteiger partial charge is 0.396 e. The Hall–Kier alpha value is -0.970. The highest BCUT2D eigenvalue weighted by Crippen LogP contribution is 2.27. The molecular weight excluding hydrogens is 279 g/mol. The van der Waals surface area contributed by atoms with Gasteiger partial charge in [0, 0.05) is 38.3 Å². The summed E-state index contributed by atoms with van der Waals surface area (Å²) in [6, 6.07) is 7.02. The van der Waals surface area contributed by atoms with Gasteiger partial charge in [-0.25, -0.2) is 4.39 Å². The zero-order chi connectivity index (χ0) is 15.4. The Balaban J connectivity index is 1.58. The molecule has 1 aromatic carbocycles. The minimum absolute atomic E-state index is 0.123. The molecule has 0 aromatic heterocycles. The van der Waals surface area contributed by atoms with Crippen molar-refractivity contribution in [2.45, 2.75) is 25.8 Å². The van der Waals surface area contributed by atoms with Crippen LogP contribution in [0.25, 0.3) is 0 Å². The molecule has 2 saturated heterocycles. The van der Waals surface area contributed by atoms with Crippen LogP contribution in [-0.4, -0.2) is 54.2 Å². The van der Waals surface area contributed by atoms with E-state index in [0.29, 0.717) is 18.4 Å². The van der Waals surface area contributed by atoms with Crippen molar-refractivity contribution >= 4 is 0 Å². The van der Waals surface area contributed by atoms with Gasteiger partial charge < -0.3 is 10.0 Å². The summed E-state index contributed by atoms with van der Waals surface area (Å²) < 4.78 is 13.8. The summed E-state index contributed by atoms with van der Waals surface area (Å²) in [4.78, 5) is 4.84. The Labute approximate surface area is 132 Å². The number of piperidine rings is 1. The first-order chi connectivity index (χ1) is 10.8. The van der Waals surface area contributed by atoms with Crippen LogP contribution < -0.4 is 0 Å². The number of hydrogen-bond donors (Lipinski definition) is 1. The molecule has 0 aliphatic carbocycles. The van der Waals surface area contributed by atoms with Crippen molar-refractivity contribution in [3.8, 4) is 0 Å². The van der Waals surface area contributed by atoms with E-state index in [0.717, 1.165) is 25.2 Å². The van der Waals surface area contributed by atoms with Gasteiger partial charge >= 0.3 is 0 Å². The van der Waals surface area contributed by atoms with Crippen LogP contribution in [0, 0.1) is 17.7 Å². The molecule has 4 heteroatoms. The number of nitrogens with zero attached hydrogens (tertiary/aromatic N) is 2. The fourth-order valence-electron chi connectivity index (χ4n) is 3.92. The lowest BCUT2D eigenvalue weighted by molar-refractivity contribution is 0.149. The summed E-state index contributed by atoms with van der Waals surface area (Å²) in [5.74, 6) is 0.714. The van der Waals surface area contributed by atoms with Gasteiger partial charge in [-0.05, 0) is 43.8 Å². The van der Waals surface area contributed by atoms with E-state index in [1.807, 2.05) is 12.1 Å². The quantitative estimate of drug-likeness (QED) is 0.904. The van der Waals surface area contributed by atoms with Crippen molar-refractivity contribution in [2.24, 2.45) is 11.8 Å². The SMILES string of the molecule is OC[C@H]1CN(Cc2ccccc2F)C[C@H]1CN1CCCCC1. The van der Waals surface area contributed by atoms with Crippen LogP contribution in [0.3, 0.4) is 0 Å². The lowest BCUT2D eigenvalue weighted by Gasteiger charge is -2.30. The second-order valence-corrected chi connectivity index (χ2v) is 6.85. The van der Waals surface area contributed by atoms with Crippen molar-refractivity contribution in [2.75, 3.05) is 39.3 Å². The van der Waals surface area contributed by atoms with E-state index in [-0.39, 0.29) is 12.4 Å². The summed E-state index contributed by atoms with van der Waals surface area (Å²) in [7, 11) is 0. The first-order valence-corrected chi connectivity index (χ1v) is 8.55. The molecule has 0 bridgehead atoms. The van der Waals surface area contributed by atoms with Crippen LogP contribution in [0.5, 0.6) is 0 Å². The van der Waals surface area contributed by atoms with Crippen molar-refractivity contribution in [1.82, 2.24) is 9.80 Å². The van der Waals surface area contributed by atoms with Crippen LogP contribution in [-0.2, 0) is 6.54 Å². The highest BCUT2D eigenvalue weighted by molar-refractivity contribution is 5.17. The third kappa shape index (κ3) is 3.86. The summed E-state index contributed by atoms with van der Waals surface area (Å²) in [5.41, 5.74) is 0.762. The molecule has 0 unspecified atom stereocenters. The van der Waals surface area contributed by atoms with Crippen LogP contribution in [0.15, 0.2) is 24.3 Å². The molecule has 2 fully saturated rings. The molecule has 1 aromatic rings. The third-order valence-corrected chi connectivity index (χ3v) is 5.18. The fraction of sp³-hybridized carbons (Fsp3) is 0.667. The molecule has 0 spiro atoms. The van der Waals surface area contributed by atoms with E-state index >= 15 is 0 Å². The molecule has 0 amide bonds. The average molecular weight is 306 g/mol. The Bertz CT molecular complexity index is 476. The zero-order valence-electron chi connectivity index (χ0n) is 13.3. The minimum atomic E-state index is -0.123. The molecule has 2 atom stereocenters. The Kier molecular flexibility index (Phi) is 5.45. The molecule has 0 saturated carbocycles. The first-order valence-electron chi connectivity index (χ1n) is 8.55. The van der Waals surface area contributed by atoms with Crippen LogP contribution in [0.4, 0.5) is 4.39 Å². The standard InChI is InChI=1S/C18H27FN2O/c19-18-7-3-2-6-15(18)10-21-12-16(17(13-21)14-22)11-20-8-4-1-5-9-20/h2-3,6-7,16-17,22H,1,4-5,8-14H2/t16-,17-/m1/s1. The molecule has 1 N–H and O–H groups in total. The third-order valence-electron chi connectivity index (χ3n) is 5.18. The Morgan fingerprint density at radius 2 is 1.73 bits per heavy atom. The number of hydrogen-bond acceptors (Lipinski definition) is 3. The van der Waals surface area contributed by atoms with E-state index in [4.69, 9.17) is 0 Å². The van der Waals surface area contributed by atoms with Crippen LogP contribution in [0.2, 0.25) is 0 Å². The molecule has 0 radical (unpaired) electrons. The highest BCUT2D eigenvalue weighted by atomic mass is 19.1. The number of aliphatic hydroxyl groups is 1. The van der Waals surface area contributed by atoms with Crippen molar-refractivity contribution in [3.63, 3.8) is 0 Å². The van der Waals surface area contributed by atoms with Crippen LogP contribution >= 0.6 is 0 Å². The van der Waals surface area contributed by atoms with E-state index in [9.17, 15) is 9.50 Å². The number of likely N-dealkylation sites (tertiary alicyclic amines) is 2. The Morgan fingerprint density at radius 1 is 1.00 bits per heavy atom. The maximum atomic E-state index is 13.8. The van der Waals surface area contributed by atoms with Gasteiger partial charge in [0.1, 0.15) is 5.82 Å². The lowest BCUT2D eigenvalue weighted by atomic mass is 9.95. The van der Waals surface area contributed by atoms with Gasteiger partial charge in [0.05, 0.1) is 0 Å². The fourth-order valence-corrected chi connectivity index (χ4v) is 3.92. The predicted molar refractivity (Wildman–Crippen MR) is 86.0 cm³/mol. The zero-order valence-corrected chi connectivity index (χ0v) is 13.3. The molecule has 3 nitrogen and oxygen atoms in total.